The van der Waals surface area contributed by atoms with Gasteiger partial charge in [-0.3, -0.25) is 9.78 Å². The van der Waals surface area contributed by atoms with Crippen LogP contribution in [0.5, 0.6) is 5.75 Å². The van der Waals surface area contributed by atoms with Gasteiger partial charge >= 0.3 is 0 Å². The average molecular weight is 428 g/mol. The van der Waals surface area contributed by atoms with Gasteiger partial charge in [-0.25, -0.2) is 4.39 Å². The van der Waals surface area contributed by atoms with Crippen molar-refractivity contribution in [2.24, 2.45) is 0 Å². The number of pyridine rings is 1. The van der Waals surface area contributed by atoms with Crippen LogP contribution in [0.4, 0.5) is 4.39 Å². The highest BCUT2D eigenvalue weighted by atomic mass is 79.9. The number of hydrogen-bond donors (Lipinski definition) is 0. The number of Topliss-reactive ketones (excluding diaryl/α,β-unsaturated/α-hetero) is 1. The van der Waals surface area contributed by atoms with Crippen LogP contribution in [0.2, 0.25) is 0 Å². The van der Waals surface area contributed by atoms with Crippen molar-refractivity contribution in [3.8, 4) is 5.75 Å². The van der Waals surface area contributed by atoms with Gasteiger partial charge in [0.1, 0.15) is 24.0 Å². The molecule has 0 fully saturated rings. The van der Waals surface area contributed by atoms with E-state index in [9.17, 15) is 9.18 Å². The highest BCUT2D eigenvalue weighted by Crippen LogP contribution is 2.26. The van der Waals surface area contributed by atoms with Gasteiger partial charge in [0.15, 0.2) is 0 Å². The van der Waals surface area contributed by atoms with Crippen molar-refractivity contribution in [3.63, 3.8) is 0 Å². The van der Waals surface area contributed by atoms with Gasteiger partial charge in [-0.2, -0.15) is 0 Å². The van der Waals surface area contributed by atoms with Crippen LogP contribution in [-0.4, -0.2) is 10.8 Å². The monoisotopic (exact) mass is 427 g/mol. The van der Waals surface area contributed by atoms with Crippen molar-refractivity contribution in [1.82, 2.24) is 4.98 Å². The van der Waals surface area contributed by atoms with Crippen molar-refractivity contribution in [2.75, 3.05) is 0 Å². The molecule has 0 spiro atoms. The molecule has 0 bridgehead atoms. The molecule has 0 aliphatic heterocycles. The van der Waals surface area contributed by atoms with E-state index < -0.39 is 0 Å². The maximum atomic E-state index is 13.3. The van der Waals surface area contributed by atoms with Crippen molar-refractivity contribution >= 4 is 21.7 Å². The van der Waals surface area contributed by atoms with Gasteiger partial charge in [-0.15, -0.1) is 0 Å². The molecule has 0 amide bonds. The Morgan fingerprint density at radius 3 is 2.56 bits per heavy atom. The molecule has 0 saturated carbocycles. The fourth-order valence-corrected chi connectivity index (χ4v) is 3.01. The molecular weight excluding hydrogens is 409 g/mol. The van der Waals surface area contributed by atoms with Crippen molar-refractivity contribution < 1.29 is 13.9 Å². The van der Waals surface area contributed by atoms with Crippen LogP contribution in [0.1, 0.15) is 23.1 Å². The van der Waals surface area contributed by atoms with Gasteiger partial charge < -0.3 is 4.74 Å². The van der Waals surface area contributed by atoms with Crippen LogP contribution in [0.3, 0.4) is 0 Å². The van der Waals surface area contributed by atoms with Gasteiger partial charge in [0.25, 0.3) is 0 Å². The quantitative estimate of drug-likeness (QED) is 0.489. The first kappa shape index (κ1) is 19.2. The highest BCUT2D eigenvalue weighted by molar-refractivity contribution is 9.10. The minimum Gasteiger partial charge on any atom is -0.488 e. The molecule has 1 aromatic heterocycles. The lowest BCUT2D eigenvalue weighted by Gasteiger charge is -2.09. The van der Waals surface area contributed by atoms with E-state index in [1.54, 1.807) is 18.5 Å². The zero-order valence-electron chi connectivity index (χ0n) is 14.7. The second-order valence-electron chi connectivity index (χ2n) is 6.26. The molecule has 3 aromatic rings. The lowest BCUT2D eigenvalue weighted by atomic mass is 10.0. The number of carbonyl (C=O) groups is 1. The topological polar surface area (TPSA) is 39.2 Å². The number of nitrogens with zero attached hydrogens (tertiary/aromatic N) is 1. The lowest BCUT2D eigenvalue weighted by molar-refractivity contribution is -0.118. The molecule has 0 unspecified atom stereocenters. The Morgan fingerprint density at radius 2 is 1.81 bits per heavy atom. The van der Waals surface area contributed by atoms with Gasteiger partial charge in [-0.1, -0.05) is 30.3 Å². The first-order valence-electron chi connectivity index (χ1n) is 8.66. The molecule has 1 heterocycles. The second-order valence-corrected chi connectivity index (χ2v) is 7.11. The van der Waals surface area contributed by atoms with Crippen molar-refractivity contribution in [2.45, 2.75) is 25.9 Å². The minimum absolute atomic E-state index is 0.201. The van der Waals surface area contributed by atoms with Crippen LogP contribution in [-0.2, 0) is 24.2 Å². The summed E-state index contributed by atoms with van der Waals surface area (Å²) in [5, 5.41) is 0. The number of ketones is 1. The Labute approximate surface area is 166 Å². The van der Waals surface area contributed by atoms with E-state index in [0.717, 1.165) is 16.7 Å². The van der Waals surface area contributed by atoms with E-state index in [0.29, 0.717) is 36.1 Å². The van der Waals surface area contributed by atoms with E-state index in [4.69, 9.17) is 4.74 Å². The molecule has 5 heteroatoms. The van der Waals surface area contributed by atoms with E-state index in [-0.39, 0.29) is 11.6 Å². The van der Waals surface area contributed by atoms with Crippen LogP contribution in [0.25, 0.3) is 0 Å². The van der Waals surface area contributed by atoms with E-state index in [1.165, 1.54) is 12.1 Å². The van der Waals surface area contributed by atoms with Crippen LogP contribution < -0.4 is 4.74 Å². The summed E-state index contributed by atoms with van der Waals surface area (Å²) in [6, 6.07) is 15.9. The number of aryl methyl sites for hydroxylation is 1. The minimum atomic E-state index is -0.339. The Bertz CT molecular complexity index is 898. The molecule has 0 aliphatic rings. The second kappa shape index (κ2) is 9.42. The average Bonchev–Trinajstić information content (AvgIpc) is 2.69. The molecule has 138 valence electrons. The maximum absolute atomic E-state index is 13.3. The fraction of sp³-hybridized carbons (Fsp3) is 0.182. The summed E-state index contributed by atoms with van der Waals surface area (Å²) in [5.41, 5.74) is 3.00. The summed E-state index contributed by atoms with van der Waals surface area (Å²) < 4.78 is 19.6. The molecule has 0 saturated heterocycles. The maximum Gasteiger partial charge on any atom is 0.137 e. The number of carbonyl (C=O) groups excluding carboxylic acids is 1. The standard InChI is InChI=1S/C22H19BrFNO2/c23-21-10-8-19(24)13-22(21)27-15-18-5-3-16(4-6-18)12-20(26)9-7-17-2-1-11-25-14-17/h1-6,8,10-11,13-14H,7,9,12,15H2. The van der Waals surface area contributed by atoms with Crippen LogP contribution in [0, 0.1) is 5.82 Å². The fourth-order valence-electron chi connectivity index (χ4n) is 2.65. The largest absolute Gasteiger partial charge is 0.488 e. The number of halogens is 2. The summed E-state index contributed by atoms with van der Waals surface area (Å²) >= 11 is 3.34. The molecule has 0 radical (unpaired) electrons. The summed E-state index contributed by atoms with van der Waals surface area (Å²) in [4.78, 5) is 16.2. The van der Waals surface area contributed by atoms with Gasteiger partial charge in [0, 0.05) is 31.3 Å². The Morgan fingerprint density at radius 1 is 1.04 bits per heavy atom. The molecule has 27 heavy (non-hydrogen) atoms. The van der Waals surface area contributed by atoms with Gasteiger partial charge in [0.2, 0.25) is 0 Å². The molecule has 0 atom stereocenters. The molecule has 3 nitrogen and oxygen atoms in total. The third-order valence-electron chi connectivity index (χ3n) is 4.13. The van der Waals surface area contributed by atoms with Crippen molar-refractivity contribution in [3.05, 3.63) is 94.0 Å². The van der Waals surface area contributed by atoms with Gasteiger partial charge in [-0.05, 0) is 57.2 Å². The molecule has 0 aliphatic carbocycles. The first-order valence-corrected chi connectivity index (χ1v) is 9.46. The zero-order valence-corrected chi connectivity index (χ0v) is 16.3. The Balaban J connectivity index is 1.49. The number of rotatable bonds is 8. The van der Waals surface area contributed by atoms with E-state index >= 15 is 0 Å². The van der Waals surface area contributed by atoms with Gasteiger partial charge in [0.05, 0.1) is 4.47 Å². The predicted octanol–water partition coefficient (Wildman–Crippen LogP) is 5.31. The summed E-state index contributed by atoms with van der Waals surface area (Å²) in [6.45, 7) is 0.331. The predicted molar refractivity (Wildman–Crippen MR) is 106 cm³/mol. The first-order chi connectivity index (χ1) is 13.1. The summed E-state index contributed by atoms with van der Waals surface area (Å²) in [6.07, 6.45) is 5.14. The lowest BCUT2D eigenvalue weighted by Crippen LogP contribution is -2.05. The molecular formula is C22H19BrFNO2. The highest BCUT2D eigenvalue weighted by Gasteiger charge is 2.06. The number of benzene rings is 2. The van der Waals surface area contributed by atoms with E-state index in [2.05, 4.69) is 20.9 Å². The number of aromatic nitrogens is 1. The third kappa shape index (κ3) is 6.00. The Hall–Kier alpha value is -2.53. The van der Waals surface area contributed by atoms with Crippen molar-refractivity contribution in [1.29, 1.82) is 0 Å². The molecule has 0 N–H and O–H groups in total. The van der Waals surface area contributed by atoms with Crippen LogP contribution >= 0.6 is 15.9 Å². The van der Waals surface area contributed by atoms with E-state index in [1.807, 2.05) is 36.4 Å². The normalized spacial score (nSPS) is 10.6. The SMILES string of the molecule is O=C(CCc1cccnc1)Cc1ccc(COc2cc(F)ccc2Br)cc1. The molecule has 2 aromatic carbocycles. The number of ether oxygens (including phenoxy) is 1. The summed E-state index contributed by atoms with van der Waals surface area (Å²) in [7, 11) is 0. The number of hydrogen-bond acceptors (Lipinski definition) is 3. The smallest absolute Gasteiger partial charge is 0.137 e. The Kier molecular flexibility index (Phi) is 6.71. The van der Waals surface area contributed by atoms with Crippen LogP contribution in [0.15, 0.2) is 71.5 Å². The third-order valence-corrected chi connectivity index (χ3v) is 4.78. The summed E-state index contributed by atoms with van der Waals surface area (Å²) in [5.74, 6) is 0.324. The zero-order chi connectivity index (χ0) is 19.1. The molecule has 3 rings (SSSR count).